The van der Waals surface area contributed by atoms with Crippen molar-refractivity contribution < 1.29 is 19.8 Å². The Balaban J connectivity index is 2.46. The van der Waals surface area contributed by atoms with Gasteiger partial charge in [-0.1, -0.05) is 20.3 Å². The van der Waals surface area contributed by atoms with Crippen molar-refractivity contribution in [3.8, 4) is 0 Å². The summed E-state index contributed by atoms with van der Waals surface area (Å²) in [5, 5.41) is 17.7. The number of carbonyl (C=O) groups is 2. The lowest BCUT2D eigenvalue weighted by Gasteiger charge is -2.12. The maximum absolute atomic E-state index is 11.0. The van der Waals surface area contributed by atoms with Crippen LogP contribution in [0.4, 0.5) is 0 Å². The molecule has 0 amide bonds. The lowest BCUT2D eigenvalue weighted by Crippen LogP contribution is -2.19. The smallest absolute Gasteiger partial charge is 0.306 e. The quantitative estimate of drug-likeness (QED) is 0.707. The summed E-state index contributed by atoms with van der Waals surface area (Å²) in [5.74, 6) is -2.25. The van der Waals surface area contributed by atoms with Crippen molar-refractivity contribution >= 4 is 11.9 Å². The van der Waals surface area contributed by atoms with E-state index in [0.29, 0.717) is 18.8 Å². The molecule has 0 bridgehead atoms. The van der Waals surface area contributed by atoms with Gasteiger partial charge in [0.1, 0.15) is 0 Å². The first-order valence-electron chi connectivity index (χ1n) is 5.39. The molecule has 0 aromatic heterocycles. The van der Waals surface area contributed by atoms with Gasteiger partial charge in [0.15, 0.2) is 0 Å². The van der Waals surface area contributed by atoms with E-state index in [9.17, 15) is 9.59 Å². The van der Waals surface area contributed by atoms with Crippen molar-refractivity contribution in [3.05, 3.63) is 0 Å². The summed E-state index contributed by atoms with van der Waals surface area (Å²) < 4.78 is 0. The van der Waals surface area contributed by atoms with Crippen LogP contribution in [0.15, 0.2) is 0 Å². The highest BCUT2D eigenvalue weighted by atomic mass is 16.4. The van der Waals surface area contributed by atoms with Crippen LogP contribution in [0.5, 0.6) is 0 Å². The van der Waals surface area contributed by atoms with Crippen LogP contribution in [0.1, 0.15) is 33.1 Å². The Morgan fingerprint density at radius 3 is 2.20 bits per heavy atom. The van der Waals surface area contributed by atoms with Gasteiger partial charge in [-0.15, -0.1) is 0 Å². The summed E-state index contributed by atoms with van der Waals surface area (Å²) in [5.41, 5.74) is 0. The first kappa shape index (κ1) is 12.0. The Bertz CT molecular complexity index is 259. The van der Waals surface area contributed by atoms with Crippen LogP contribution in [0, 0.1) is 23.7 Å². The SMILES string of the molecule is CC(C)CCC(C(=O)O)C1CC1C(=O)O. The first-order valence-corrected chi connectivity index (χ1v) is 5.39. The minimum absolute atomic E-state index is 0.140. The molecule has 0 heterocycles. The van der Waals surface area contributed by atoms with Crippen molar-refractivity contribution in [2.24, 2.45) is 23.7 Å². The van der Waals surface area contributed by atoms with Crippen LogP contribution in [0.25, 0.3) is 0 Å². The maximum Gasteiger partial charge on any atom is 0.306 e. The third kappa shape index (κ3) is 3.22. The zero-order chi connectivity index (χ0) is 11.6. The van der Waals surface area contributed by atoms with Crippen LogP contribution in [-0.2, 0) is 9.59 Å². The second-order valence-corrected chi connectivity index (χ2v) is 4.76. The van der Waals surface area contributed by atoms with E-state index >= 15 is 0 Å². The molecule has 2 N–H and O–H groups in total. The molecule has 3 atom stereocenters. The van der Waals surface area contributed by atoms with Crippen LogP contribution in [-0.4, -0.2) is 22.2 Å². The van der Waals surface area contributed by atoms with Gasteiger partial charge in [-0.25, -0.2) is 0 Å². The molecule has 0 aromatic carbocycles. The van der Waals surface area contributed by atoms with Crippen molar-refractivity contribution in [1.82, 2.24) is 0 Å². The monoisotopic (exact) mass is 214 g/mol. The molecule has 1 aliphatic rings. The van der Waals surface area contributed by atoms with Crippen molar-refractivity contribution in [2.75, 3.05) is 0 Å². The summed E-state index contributed by atoms with van der Waals surface area (Å²) in [6.07, 6.45) is 1.98. The normalized spacial score (nSPS) is 26.3. The fourth-order valence-electron chi connectivity index (χ4n) is 1.98. The molecule has 0 radical (unpaired) electrons. The van der Waals surface area contributed by atoms with Crippen LogP contribution in [0.2, 0.25) is 0 Å². The van der Waals surface area contributed by atoms with E-state index in [4.69, 9.17) is 10.2 Å². The van der Waals surface area contributed by atoms with Gasteiger partial charge in [0, 0.05) is 0 Å². The third-order valence-electron chi connectivity index (χ3n) is 3.05. The molecular formula is C11H18O4. The highest BCUT2D eigenvalue weighted by Gasteiger charge is 2.50. The molecule has 4 heteroatoms. The molecule has 1 saturated carbocycles. The van der Waals surface area contributed by atoms with Gasteiger partial charge >= 0.3 is 11.9 Å². The van der Waals surface area contributed by atoms with E-state index in [-0.39, 0.29) is 5.92 Å². The number of aliphatic carboxylic acids is 2. The molecule has 0 aliphatic heterocycles. The molecule has 0 spiro atoms. The van der Waals surface area contributed by atoms with Gasteiger partial charge in [0.05, 0.1) is 11.8 Å². The fraction of sp³-hybridized carbons (Fsp3) is 0.818. The second-order valence-electron chi connectivity index (χ2n) is 4.76. The second kappa shape index (κ2) is 4.64. The third-order valence-corrected chi connectivity index (χ3v) is 3.05. The van der Waals surface area contributed by atoms with Crippen LogP contribution >= 0.6 is 0 Å². The van der Waals surface area contributed by atoms with Crippen LogP contribution < -0.4 is 0 Å². The molecule has 86 valence electrons. The van der Waals surface area contributed by atoms with E-state index in [0.717, 1.165) is 6.42 Å². The van der Waals surface area contributed by atoms with E-state index in [1.54, 1.807) is 0 Å². The average molecular weight is 214 g/mol. The van der Waals surface area contributed by atoms with Gasteiger partial charge in [-0.2, -0.15) is 0 Å². The Morgan fingerprint density at radius 1 is 1.27 bits per heavy atom. The Hall–Kier alpha value is -1.06. The molecular weight excluding hydrogens is 196 g/mol. The summed E-state index contributed by atoms with van der Waals surface area (Å²) in [4.78, 5) is 21.6. The van der Waals surface area contributed by atoms with Gasteiger partial charge in [0.2, 0.25) is 0 Å². The summed E-state index contributed by atoms with van der Waals surface area (Å²) in [7, 11) is 0. The Kier molecular flexibility index (Phi) is 3.72. The fourth-order valence-corrected chi connectivity index (χ4v) is 1.98. The summed E-state index contributed by atoms with van der Waals surface area (Å²) >= 11 is 0. The number of hydrogen-bond donors (Lipinski definition) is 2. The molecule has 1 rings (SSSR count). The minimum atomic E-state index is -0.851. The molecule has 1 aliphatic carbocycles. The zero-order valence-corrected chi connectivity index (χ0v) is 9.14. The summed E-state index contributed by atoms with van der Waals surface area (Å²) in [6.45, 7) is 4.08. The predicted molar refractivity (Wildman–Crippen MR) is 54.4 cm³/mol. The van der Waals surface area contributed by atoms with E-state index in [1.165, 1.54) is 0 Å². The van der Waals surface area contributed by atoms with E-state index < -0.39 is 23.8 Å². The number of carboxylic acid groups (broad SMARTS) is 2. The number of hydrogen-bond acceptors (Lipinski definition) is 2. The zero-order valence-electron chi connectivity index (χ0n) is 9.14. The number of carboxylic acids is 2. The van der Waals surface area contributed by atoms with Crippen molar-refractivity contribution in [3.63, 3.8) is 0 Å². The summed E-state index contributed by atoms with van der Waals surface area (Å²) in [6, 6.07) is 0. The largest absolute Gasteiger partial charge is 0.481 e. The molecule has 0 saturated heterocycles. The Morgan fingerprint density at radius 2 is 1.87 bits per heavy atom. The van der Waals surface area contributed by atoms with Crippen LogP contribution in [0.3, 0.4) is 0 Å². The van der Waals surface area contributed by atoms with Gasteiger partial charge < -0.3 is 10.2 Å². The predicted octanol–water partition coefficient (Wildman–Crippen LogP) is 1.84. The lowest BCUT2D eigenvalue weighted by molar-refractivity contribution is -0.143. The minimum Gasteiger partial charge on any atom is -0.481 e. The molecule has 4 nitrogen and oxygen atoms in total. The van der Waals surface area contributed by atoms with E-state index in [1.807, 2.05) is 13.8 Å². The van der Waals surface area contributed by atoms with E-state index in [2.05, 4.69) is 0 Å². The molecule has 0 aromatic rings. The molecule has 15 heavy (non-hydrogen) atoms. The standard InChI is InChI=1S/C11H18O4/c1-6(2)3-4-7(10(12)13)8-5-9(8)11(14)15/h6-9H,3-5H2,1-2H3,(H,12,13)(H,14,15). The van der Waals surface area contributed by atoms with Gasteiger partial charge in [0.25, 0.3) is 0 Å². The lowest BCUT2D eigenvalue weighted by atomic mass is 9.93. The average Bonchev–Trinajstić information content (AvgIpc) is 2.83. The first-order chi connectivity index (χ1) is 6.93. The topological polar surface area (TPSA) is 74.6 Å². The number of rotatable bonds is 6. The van der Waals surface area contributed by atoms with Crippen molar-refractivity contribution in [1.29, 1.82) is 0 Å². The van der Waals surface area contributed by atoms with Gasteiger partial charge in [-0.05, 0) is 24.7 Å². The van der Waals surface area contributed by atoms with Gasteiger partial charge in [-0.3, -0.25) is 9.59 Å². The molecule has 3 unspecified atom stereocenters. The molecule has 1 fully saturated rings. The maximum atomic E-state index is 11.0. The van der Waals surface area contributed by atoms with Crippen molar-refractivity contribution in [2.45, 2.75) is 33.1 Å². The highest BCUT2D eigenvalue weighted by molar-refractivity contribution is 5.77. The Labute approximate surface area is 89.3 Å². The highest BCUT2D eigenvalue weighted by Crippen LogP contribution is 2.46.